The Morgan fingerprint density at radius 1 is 1.30 bits per heavy atom. The van der Waals surface area contributed by atoms with Gasteiger partial charge in [-0.2, -0.15) is 0 Å². The minimum Gasteiger partial charge on any atom is -0.294 e. The van der Waals surface area contributed by atoms with Crippen LogP contribution < -0.4 is 5.32 Å². The molecule has 1 aliphatic carbocycles. The number of carbonyl (C=O) groups excluding carboxylic acids is 2. The molecule has 0 saturated heterocycles. The molecule has 1 aliphatic rings. The fraction of sp³-hybridized carbons (Fsp3) is 0.429. The van der Waals surface area contributed by atoms with Crippen LogP contribution in [-0.4, -0.2) is 21.7 Å². The highest BCUT2D eigenvalue weighted by atomic mass is 35.5. The van der Waals surface area contributed by atoms with Crippen LogP contribution in [0, 0.1) is 5.92 Å². The normalized spacial score (nSPS) is 17.3. The highest BCUT2D eigenvalue weighted by Crippen LogP contribution is 2.32. The molecular weight excluding hydrogens is 362 g/mol. The van der Waals surface area contributed by atoms with Gasteiger partial charge in [0.05, 0.1) is 11.3 Å². The summed E-state index contributed by atoms with van der Waals surface area (Å²) in [5, 5.41) is 3.46. The largest absolute Gasteiger partial charge is 0.294 e. The van der Waals surface area contributed by atoms with Crippen LogP contribution in [0.25, 0.3) is 0 Å². The molecule has 1 heterocycles. The summed E-state index contributed by atoms with van der Waals surface area (Å²) in [5.74, 6) is 0.189. The van der Waals surface area contributed by atoms with E-state index in [0.29, 0.717) is 29.1 Å². The van der Waals surface area contributed by atoms with Gasteiger partial charge in [-0.25, -0.2) is 9.97 Å². The van der Waals surface area contributed by atoms with Crippen LogP contribution in [-0.2, 0) is 11.2 Å². The van der Waals surface area contributed by atoms with Crippen molar-refractivity contribution < 1.29 is 9.59 Å². The first-order valence-electron chi connectivity index (χ1n) is 9.43. The lowest BCUT2D eigenvalue weighted by Crippen LogP contribution is -2.24. The van der Waals surface area contributed by atoms with E-state index < -0.39 is 0 Å². The van der Waals surface area contributed by atoms with E-state index in [9.17, 15) is 9.59 Å². The van der Waals surface area contributed by atoms with Crippen molar-refractivity contribution in [3.05, 3.63) is 52.3 Å². The van der Waals surface area contributed by atoms with Crippen LogP contribution in [0.3, 0.4) is 0 Å². The third kappa shape index (κ3) is 4.72. The molecule has 2 atom stereocenters. The summed E-state index contributed by atoms with van der Waals surface area (Å²) in [6.07, 6.45) is 5.51. The molecular formula is C21H24ClN3O2. The van der Waals surface area contributed by atoms with E-state index in [1.54, 1.807) is 0 Å². The lowest BCUT2D eigenvalue weighted by molar-refractivity contribution is -0.119. The number of halogens is 1. The molecule has 0 fully saturated rings. The molecule has 0 radical (unpaired) electrons. The van der Waals surface area contributed by atoms with Gasteiger partial charge in [-0.15, -0.1) is 0 Å². The lowest BCUT2D eigenvalue weighted by atomic mass is 9.82. The summed E-state index contributed by atoms with van der Waals surface area (Å²) >= 11 is 5.96. The van der Waals surface area contributed by atoms with E-state index in [1.165, 1.54) is 6.20 Å². The Morgan fingerprint density at radius 2 is 2.04 bits per heavy atom. The zero-order valence-corrected chi connectivity index (χ0v) is 16.4. The predicted molar refractivity (Wildman–Crippen MR) is 106 cm³/mol. The van der Waals surface area contributed by atoms with Gasteiger partial charge in [0.25, 0.3) is 0 Å². The van der Waals surface area contributed by atoms with Gasteiger partial charge in [0.15, 0.2) is 5.78 Å². The first-order chi connectivity index (χ1) is 13.0. The number of nitrogens with zero attached hydrogens (tertiary/aromatic N) is 2. The van der Waals surface area contributed by atoms with Crippen LogP contribution in [0.2, 0.25) is 5.02 Å². The van der Waals surface area contributed by atoms with Crippen molar-refractivity contribution in [1.82, 2.24) is 9.97 Å². The first-order valence-corrected chi connectivity index (χ1v) is 9.81. The second-order valence-corrected chi connectivity index (χ2v) is 7.60. The molecule has 1 N–H and O–H groups in total. The Balaban J connectivity index is 1.75. The van der Waals surface area contributed by atoms with E-state index in [1.807, 2.05) is 31.2 Å². The number of anilines is 1. The van der Waals surface area contributed by atoms with Crippen molar-refractivity contribution in [3.8, 4) is 0 Å². The average Bonchev–Trinajstić information content (AvgIpc) is 2.66. The summed E-state index contributed by atoms with van der Waals surface area (Å²) in [7, 11) is 0. The summed E-state index contributed by atoms with van der Waals surface area (Å²) < 4.78 is 0. The first kappa shape index (κ1) is 19.5. The maximum absolute atomic E-state index is 12.5. The number of unbranched alkanes of at least 4 members (excludes halogenated alkanes) is 1. The number of rotatable bonds is 6. The van der Waals surface area contributed by atoms with Gasteiger partial charge in [0.2, 0.25) is 11.9 Å². The number of Topliss-reactive ketones (excluding diaryl/α,β-unsaturated/α-hetero) is 1. The van der Waals surface area contributed by atoms with Crippen molar-refractivity contribution in [3.63, 3.8) is 0 Å². The third-order valence-corrected chi connectivity index (χ3v) is 5.31. The van der Waals surface area contributed by atoms with E-state index in [0.717, 1.165) is 24.8 Å². The number of hydrogen-bond donors (Lipinski definition) is 1. The third-order valence-electron chi connectivity index (χ3n) is 5.05. The zero-order chi connectivity index (χ0) is 19.4. The molecule has 0 aliphatic heterocycles. The Hall–Kier alpha value is -2.27. The molecule has 1 aromatic carbocycles. The van der Waals surface area contributed by atoms with E-state index >= 15 is 0 Å². The summed E-state index contributed by atoms with van der Waals surface area (Å²) in [6.45, 7) is 4.01. The molecule has 0 unspecified atom stereocenters. The number of carbonyl (C=O) groups is 2. The monoisotopic (exact) mass is 385 g/mol. The molecule has 1 aromatic heterocycles. The average molecular weight is 386 g/mol. The molecule has 6 heteroatoms. The highest BCUT2D eigenvalue weighted by Gasteiger charge is 2.28. The van der Waals surface area contributed by atoms with Crippen molar-refractivity contribution in [2.45, 2.75) is 51.9 Å². The van der Waals surface area contributed by atoms with Crippen LogP contribution in [0.5, 0.6) is 0 Å². The van der Waals surface area contributed by atoms with Gasteiger partial charge in [-0.1, -0.05) is 50.4 Å². The quantitative estimate of drug-likeness (QED) is 0.774. The van der Waals surface area contributed by atoms with Gasteiger partial charge in [-0.05, 0) is 36.5 Å². The highest BCUT2D eigenvalue weighted by molar-refractivity contribution is 6.30. The molecule has 0 bridgehead atoms. The smallest absolute Gasteiger partial charge is 0.229 e. The topological polar surface area (TPSA) is 72.0 Å². The molecule has 27 heavy (non-hydrogen) atoms. The molecule has 142 valence electrons. The number of nitrogens with one attached hydrogen (secondary N) is 1. The standard InChI is InChI=1S/C21H24ClN3O2/c1-3-4-5-13(2)20(27)25-21-23-12-17-18(24-21)10-15(11-19(17)26)14-6-8-16(22)9-7-14/h6-9,12-13,15H,3-5,10-11H2,1-2H3,(H,23,24,25,27)/t13-,15+/m0/s1. The van der Waals surface area contributed by atoms with Crippen LogP contribution in [0.1, 0.15) is 67.1 Å². The maximum atomic E-state index is 12.5. The molecule has 2 aromatic rings. The second kappa shape index (κ2) is 8.61. The van der Waals surface area contributed by atoms with E-state index in [4.69, 9.17) is 11.6 Å². The van der Waals surface area contributed by atoms with Gasteiger partial charge in [0, 0.05) is 23.6 Å². The molecule has 0 saturated carbocycles. The van der Waals surface area contributed by atoms with Crippen molar-refractivity contribution in [1.29, 1.82) is 0 Å². The second-order valence-electron chi connectivity index (χ2n) is 7.17. The van der Waals surface area contributed by atoms with Gasteiger partial charge in [-0.3, -0.25) is 14.9 Å². The minimum absolute atomic E-state index is 0.0328. The number of aromatic nitrogens is 2. The fourth-order valence-corrected chi connectivity index (χ4v) is 3.48. The van der Waals surface area contributed by atoms with Crippen LogP contribution >= 0.6 is 11.6 Å². The summed E-state index contributed by atoms with van der Waals surface area (Å²) in [4.78, 5) is 33.4. The summed E-state index contributed by atoms with van der Waals surface area (Å²) in [6, 6.07) is 7.57. The van der Waals surface area contributed by atoms with Gasteiger partial charge in [0.1, 0.15) is 0 Å². The Morgan fingerprint density at radius 3 is 2.74 bits per heavy atom. The van der Waals surface area contributed by atoms with Crippen molar-refractivity contribution in [2.75, 3.05) is 5.32 Å². The fourth-order valence-electron chi connectivity index (χ4n) is 3.35. The SMILES string of the molecule is CCCC[C@H](C)C(=O)Nc1ncc2c(n1)C[C@@H](c1ccc(Cl)cc1)CC2=O. The van der Waals surface area contributed by atoms with Gasteiger partial charge >= 0.3 is 0 Å². The zero-order valence-electron chi connectivity index (χ0n) is 15.7. The minimum atomic E-state index is -0.0898. The van der Waals surface area contributed by atoms with Crippen molar-refractivity contribution >= 4 is 29.2 Å². The molecule has 1 amide bonds. The Labute approximate surface area is 164 Å². The van der Waals surface area contributed by atoms with Crippen LogP contribution in [0.4, 0.5) is 5.95 Å². The predicted octanol–water partition coefficient (Wildman–Crippen LogP) is 4.81. The van der Waals surface area contributed by atoms with Crippen LogP contribution in [0.15, 0.2) is 30.5 Å². The lowest BCUT2D eigenvalue weighted by Gasteiger charge is -2.23. The Bertz CT molecular complexity index is 836. The van der Waals surface area contributed by atoms with E-state index in [2.05, 4.69) is 22.2 Å². The molecule has 0 spiro atoms. The number of amides is 1. The Kier molecular flexibility index (Phi) is 6.22. The van der Waals surface area contributed by atoms with E-state index in [-0.39, 0.29) is 29.5 Å². The number of ketones is 1. The number of benzene rings is 1. The summed E-state index contributed by atoms with van der Waals surface area (Å²) in [5.41, 5.74) is 2.31. The maximum Gasteiger partial charge on any atom is 0.229 e. The van der Waals surface area contributed by atoms with Gasteiger partial charge < -0.3 is 0 Å². The molecule has 5 nitrogen and oxygen atoms in total. The number of fused-ring (bicyclic) bond motifs is 1. The van der Waals surface area contributed by atoms with Crippen molar-refractivity contribution in [2.24, 2.45) is 5.92 Å². The molecule has 3 rings (SSSR count). The number of hydrogen-bond acceptors (Lipinski definition) is 4.